The minimum atomic E-state index is -3.54. The van der Waals surface area contributed by atoms with Gasteiger partial charge < -0.3 is 14.8 Å². The first-order valence-corrected chi connectivity index (χ1v) is 13.1. The van der Waals surface area contributed by atoms with Crippen LogP contribution in [0.4, 0.5) is 0 Å². The van der Waals surface area contributed by atoms with E-state index in [1.54, 1.807) is 18.2 Å². The van der Waals surface area contributed by atoms with Crippen LogP contribution in [0, 0.1) is 0 Å². The van der Waals surface area contributed by atoms with Crippen molar-refractivity contribution in [2.75, 3.05) is 33.7 Å². The Balaban J connectivity index is 1.64. The number of aromatic nitrogens is 2. The van der Waals surface area contributed by atoms with E-state index in [1.165, 1.54) is 18.4 Å². The zero-order valence-electron chi connectivity index (χ0n) is 19.8. The largest absolute Gasteiger partial charge is 0.356 e. The third kappa shape index (κ3) is 6.11. The van der Waals surface area contributed by atoms with Gasteiger partial charge in [0.2, 0.25) is 21.8 Å². The summed E-state index contributed by atoms with van der Waals surface area (Å²) < 4.78 is 28.3. The molecule has 10 heteroatoms. The number of nitrogens with one attached hydrogen (secondary N) is 1. The number of carbonyl (C=O) groups is 2. The molecule has 1 fully saturated rings. The van der Waals surface area contributed by atoms with Crippen LogP contribution in [-0.4, -0.2) is 72.7 Å². The molecule has 1 aromatic carbocycles. The van der Waals surface area contributed by atoms with Crippen molar-refractivity contribution in [1.29, 1.82) is 0 Å². The number of hydrogen-bond acceptors (Lipinski definition) is 5. The highest BCUT2D eigenvalue weighted by Crippen LogP contribution is 2.23. The molecule has 0 spiro atoms. The summed E-state index contributed by atoms with van der Waals surface area (Å²) in [4.78, 5) is 30.8. The summed E-state index contributed by atoms with van der Waals surface area (Å²) in [7, 11) is -0.529. The molecule has 33 heavy (non-hydrogen) atoms. The first-order chi connectivity index (χ1) is 15.7. The fraction of sp³-hybridized carbons (Fsp3) is 0.609. The van der Waals surface area contributed by atoms with Crippen molar-refractivity contribution in [2.24, 2.45) is 0 Å². The van der Waals surface area contributed by atoms with Crippen molar-refractivity contribution in [2.45, 2.75) is 63.3 Å². The van der Waals surface area contributed by atoms with Crippen molar-refractivity contribution in [3.05, 3.63) is 24.0 Å². The summed E-state index contributed by atoms with van der Waals surface area (Å²) in [6.07, 6.45) is 5.08. The molecule has 0 atom stereocenters. The molecule has 0 bridgehead atoms. The number of hydrogen-bond donors (Lipinski definition) is 1. The fourth-order valence-corrected chi connectivity index (χ4v) is 4.96. The molecule has 182 valence electrons. The molecule has 0 radical (unpaired) electrons. The van der Waals surface area contributed by atoms with E-state index >= 15 is 0 Å². The lowest BCUT2D eigenvalue weighted by Gasteiger charge is -2.15. The second kappa shape index (κ2) is 11.1. The van der Waals surface area contributed by atoms with E-state index in [9.17, 15) is 18.0 Å². The number of nitrogens with zero attached hydrogens (tertiary/aromatic N) is 4. The van der Waals surface area contributed by atoms with Crippen molar-refractivity contribution < 1.29 is 18.0 Å². The van der Waals surface area contributed by atoms with Crippen LogP contribution in [0.25, 0.3) is 11.0 Å². The van der Waals surface area contributed by atoms with Gasteiger partial charge in [-0.15, -0.1) is 0 Å². The number of aryl methyl sites for hydroxylation is 2. The number of imidazole rings is 1. The van der Waals surface area contributed by atoms with Crippen LogP contribution in [0.1, 0.15) is 51.3 Å². The van der Waals surface area contributed by atoms with E-state index in [0.29, 0.717) is 37.9 Å². The fourth-order valence-electron chi connectivity index (χ4n) is 4.04. The minimum absolute atomic E-state index is 0.0484. The highest BCUT2D eigenvalue weighted by molar-refractivity contribution is 7.89. The Kier molecular flexibility index (Phi) is 8.47. The normalized spacial score (nSPS) is 14.5. The smallest absolute Gasteiger partial charge is 0.242 e. The number of carbonyl (C=O) groups excluding carboxylic acids is 2. The zero-order chi connectivity index (χ0) is 24.0. The topological polar surface area (TPSA) is 105 Å². The average Bonchev–Trinajstić information content (AvgIpc) is 3.35. The summed E-state index contributed by atoms with van der Waals surface area (Å²) in [5.41, 5.74) is 1.51. The molecule has 3 rings (SSSR count). The lowest BCUT2D eigenvalue weighted by Crippen LogP contribution is -2.30. The van der Waals surface area contributed by atoms with Gasteiger partial charge in [0.05, 0.1) is 15.9 Å². The van der Waals surface area contributed by atoms with Gasteiger partial charge in [-0.3, -0.25) is 9.59 Å². The number of rotatable bonds is 12. The Morgan fingerprint density at radius 2 is 2.00 bits per heavy atom. The molecule has 0 saturated carbocycles. The maximum atomic E-state index is 12.5. The van der Waals surface area contributed by atoms with E-state index in [2.05, 4.69) is 21.8 Å². The van der Waals surface area contributed by atoms with Crippen LogP contribution in [-0.2, 0) is 32.6 Å². The number of unbranched alkanes of at least 4 members (excludes halogenated alkanes) is 1. The first-order valence-electron chi connectivity index (χ1n) is 11.7. The van der Waals surface area contributed by atoms with Crippen molar-refractivity contribution >= 4 is 32.9 Å². The van der Waals surface area contributed by atoms with Crippen LogP contribution in [0.2, 0.25) is 0 Å². The average molecular weight is 478 g/mol. The Morgan fingerprint density at radius 3 is 2.67 bits per heavy atom. The van der Waals surface area contributed by atoms with E-state index in [4.69, 9.17) is 0 Å². The molecule has 2 aromatic rings. The molecular formula is C23H35N5O4S. The number of benzene rings is 1. The summed E-state index contributed by atoms with van der Waals surface area (Å²) in [5, 5.41) is 2.93. The number of fused-ring (bicyclic) bond motifs is 1. The SMILES string of the molecule is CCCCn1c(CCC(=O)NCCCN2CCCC2=O)nc2cc(S(=O)(=O)N(C)C)ccc21. The third-order valence-electron chi connectivity index (χ3n) is 5.99. The number of sulfonamides is 1. The number of likely N-dealkylation sites (tertiary alicyclic amines) is 1. The number of amides is 2. The molecule has 1 N–H and O–H groups in total. The Labute approximate surface area is 196 Å². The second-order valence-corrected chi connectivity index (χ2v) is 10.8. The minimum Gasteiger partial charge on any atom is -0.356 e. The van der Waals surface area contributed by atoms with Crippen LogP contribution in [0.15, 0.2) is 23.1 Å². The highest BCUT2D eigenvalue weighted by Gasteiger charge is 2.21. The molecule has 1 aromatic heterocycles. The summed E-state index contributed by atoms with van der Waals surface area (Å²) in [6.45, 7) is 4.93. The van der Waals surface area contributed by atoms with Crippen molar-refractivity contribution in [3.8, 4) is 0 Å². The molecule has 1 aliphatic rings. The van der Waals surface area contributed by atoms with E-state index in [1.807, 2.05) is 4.90 Å². The van der Waals surface area contributed by atoms with Gasteiger partial charge in [0.1, 0.15) is 5.82 Å². The molecular weight excluding hydrogens is 442 g/mol. The summed E-state index contributed by atoms with van der Waals surface area (Å²) in [5.74, 6) is 0.942. The Morgan fingerprint density at radius 1 is 1.21 bits per heavy atom. The Hall–Kier alpha value is -2.46. The molecule has 1 aliphatic heterocycles. The van der Waals surface area contributed by atoms with E-state index < -0.39 is 10.0 Å². The molecule has 2 amide bonds. The van der Waals surface area contributed by atoms with E-state index in [0.717, 1.165) is 50.1 Å². The lowest BCUT2D eigenvalue weighted by atomic mass is 10.2. The zero-order valence-corrected chi connectivity index (χ0v) is 20.7. The quantitative estimate of drug-likeness (QED) is 0.472. The van der Waals surface area contributed by atoms with Crippen LogP contribution >= 0.6 is 0 Å². The molecule has 2 heterocycles. The van der Waals surface area contributed by atoms with E-state index in [-0.39, 0.29) is 16.7 Å². The highest BCUT2D eigenvalue weighted by atomic mass is 32.2. The van der Waals surface area contributed by atoms with Gasteiger partial charge in [0, 0.05) is 59.5 Å². The third-order valence-corrected chi connectivity index (χ3v) is 7.80. The predicted molar refractivity (Wildman–Crippen MR) is 127 cm³/mol. The molecule has 9 nitrogen and oxygen atoms in total. The lowest BCUT2D eigenvalue weighted by molar-refractivity contribution is -0.127. The van der Waals surface area contributed by atoms with Gasteiger partial charge in [0.25, 0.3) is 0 Å². The van der Waals surface area contributed by atoms with Gasteiger partial charge in [-0.05, 0) is 37.5 Å². The summed E-state index contributed by atoms with van der Waals surface area (Å²) >= 11 is 0. The van der Waals surface area contributed by atoms with Crippen LogP contribution in [0.3, 0.4) is 0 Å². The molecule has 0 unspecified atom stereocenters. The van der Waals surface area contributed by atoms with Crippen molar-refractivity contribution in [3.63, 3.8) is 0 Å². The first kappa shape index (κ1) is 25.2. The van der Waals surface area contributed by atoms with Gasteiger partial charge in [-0.1, -0.05) is 13.3 Å². The second-order valence-electron chi connectivity index (χ2n) is 8.66. The predicted octanol–water partition coefficient (Wildman–Crippen LogP) is 2.15. The standard InChI is InChI=1S/C23H35N5O4S/c1-4-5-16-28-20-10-9-18(33(31,32)26(2)3)17-19(20)25-21(28)11-12-22(29)24-13-7-15-27-14-6-8-23(27)30/h9-10,17H,4-8,11-16H2,1-3H3,(H,24,29). The van der Waals surface area contributed by atoms with Gasteiger partial charge in [0.15, 0.2) is 0 Å². The van der Waals surface area contributed by atoms with Crippen molar-refractivity contribution in [1.82, 2.24) is 24.1 Å². The molecule has 1 saturated heterocycles. The Bertz CT molecular complexity index is 1090. The van der Waals surface area contributed by atoms with Crippen LogP contribution < -0.4 is 5.32 Å². The molecule has 0 aliphatic carbocycles. The monoisotopic (exact) mass is 477 g/mol. The van der Waals surface area contributed by atoms with Crippen LogP contribution in [0.5, 0.6) is 0 Å². The van der Waals surface area contributed by atoms with Gasteiger partial charge in [-0.25, -0.2) is 17.7 Å². The van der Waals surface area contributed by atoms with Gasteiger partial charge >= 0.3 is 0 Å². The van der Waals surface area contributed by atoms with Gasteiger partial charge in [-0.2, -0.15) is 0 Å². The maximum absolute atomic E-state index is 12.5. The maximum Gasteiger partial charge on any atom is 0.242 e. The summed E-state index contributed by atoms with van der Waals surface area (Å²) in [6, 6.07) is 5.03.